The minimum absolute atomic E-state index is 0.196. The van der Waals surface area contributed by atoms with Crippen molar-refractivity contribution in [1.82, 2.24) is 4.57 Å². The van der Waals surface area contributed by atoms with Gasteiger partial charge in [0.2, 0.25) is 0 Å². The molecule has 0 N–H and O–H groups in total. The third-order valence-corrected chi connectivity index (χ3v) is 3.27. The molecule has 3 heteroatoms. The van der Waals surface area contributed by atoms with E-state index in [2.05, 4.69) is 0 Å². The van der Waals surface area contributed by atoms with Crippen LogP contribution in [0.3, 0.4) is 0 Å². The van der Waals surface area contributed by atoms with E-state index in [1.54, 1.807) is 0 Å². The van der Waals surface area contributed by atoms with Gasteiger partial charge in [0.15, 0.2) is 0 Å². The summed E-state index contributed by atoms with van der Waals surface area (Å²) in [5.74, 6) is 0.761. The number of thiazole rings is 1. The molecule has 66 valence electrons. The van der Waals surface area contributed by atoms with Crippen LogP contribution in [0.25, 0.3) is 0 Å². The summed E-state index contributed by atoms with van der Waals surface area (Å²) in [7, 11) is 0. The van der Waals surface area contributed by atoms with Gasteiger partial charge in [-0.1, -0.05) is 24.2 Å². The molecule has 0 atom stereocenters. The second-order valence-corrected chi connectivity index (χ2v) is 4.33. The summed E-state index contributed by atoms with van der Waals surface area (Å²) >= 11 is 1.30. The molecule has 1 heterocycles. The van der Waals surface area contributed by atoms with Gasteiger partial charge in [0, 0.05) is 18.1 Å². The molecule has 1 aromatic rings. The van der Waals surface area contributed by atoms with E-state index in [0.717, 1.165) is 12.5 Å². The van der Waals surface area contributed by atoms with Crippen molar-refractivity contribution < 1.29 is 0 Å². The first-order valence-electron chi connectivity index (χ1n) is 4.50. The molecule has 0 aromatic carbocycles. The molecule has 1 aromatic heterocycles. The lowest BCUT2D eigenvalue weighted by molar-refractivity contribution is 0.453. The third-order valence-electron chi connectivity index (χ3n) is 2.57. The highest BCUT2D eigenvalue weighted by atomic mass is 32.1. The highest BCUT2D eigenvalue weighted by Gasteiger charge is 2.15. The van der Waals surface area contributed by atoms with Gasteiger partial charge in [-0.25, -0.2) is 0 Å². The Bertz CT molecular complexity index is 295. The maximum Gasteiger partial charge on any atom is 0.307 e. The van der Waals surface area contributed by atoms with E-state index in [-0.39, 0.29) is 4.87 Å². The summed E-state index contributed by atoms with van der Waals surface area (Å²) in [6, 6.07) is 0. The summed E-state index contributed by atoms with van der Waals surface area (Å²) < 4.78 is 1.85. The van der Waals surface area contributed by atoms with E-state index in [4.69, 9.17) is 0 Å². The molecule has 1 aliphatic carbocycles. The minimum atomic E-state index is 0.196. The quantitative estimate of drug-likeness (QED) is 0.688. The Balaban J connectivity index is 2.03. The second kappa shape index (κ2) is 3.44. The number of hydrogen-bond acceptors (Lipinski definition) is 2. The summed E-state index contributed by atoms with van der Waals surface area (Å²) in [5.41, 5.74) is 0. The molecule has 1 fully saturated rings. The Kier molecular flexibility index (Phi) is 2.30. The van der Waals surface area contributed by atoms with Gasteiger partial charge in [-0.2, -0.15) is 0 Å². The van der Waals surface area contributed by atoms with E-state index in [9.17, 15) is 4.79 Å². The van der Waals surface area contributed by atoms with Crippen LogP contribution in [0.4, 0.5) is 0 Å². The van der Waals surface area contributed by atoms with Crippen molar-refractivity contribution in [3.8, 4) is 0 Å². The molecule has 0 spiro atoms. The van der Waals surface area contributed by atoms with E-state index in [0.29, 0.717) is 0 Å². The Morgan fingerprint density at radius 3 is 2.83 bits per heavy atom. The van der Waals surface area contributed by atoms with Crippen LogP contribution in [0.15, 0.2) is 16.4 Å². The zero-order chi connectivity index (χ0) is 8.39. The first kappa shape index (κ1) is 8.05. The summed E-state index contributed by atoms with van der Waals surface area (Å²) in [6.07, 6.45) is 7.23. The van der Waals surface area contributed by atoms with Crippen molar-refractivity contribution in [2.75, 3.05) is 0 Å². The fourth-order valence-corrected chi connectivity index (χ4v) is 2.49. The SMILES string of the molecule is O=c1sccn1CC1CCCC1. The molecule has 0 unspecified atom stereocenters. The normalized spacial score (nSPS) is 18.7. The molecule has 0 saturated heterocycles. The van der Waals surface area contributed by atoms with Crippen molar-refractivity contribution >= 4 is 11.3 Å². The van der Waals surface area contributed by atoms with Crippen LogP contribution in [0.2, 0.25) is 0 Å². The van der Waals surface area contributed by atoms with E-state index in [1.165, 1.54) is 37.0 Å². The molecule has 0 amide bonds. The summed E-state index contributed by atoms with van der Waals surface area (Å²) in [4.78, 5) is 11.4. The van der Waals surface area contributed by atoms with Crippen LogP contribution in [-0.4, -0.2) is 4.57 Å². The van der Waals surface area contributed by atoms with Gasteiger partial charge in [-0.3, -0.25) is 4.79 Å². The highest BCUT2D eigenvalue weighted by molar-refractivity contribution is 7.07. The van der Waals surface area contributed by atoms with Gasteiger partial charge >= 0.3 is 4.87 Å². The molecular weight excluding hydrogens is 170 g/mol. The number of nitrogens with zero attached hydrogens (tertiary/aromatic N) is 1. The lowest BCUT2D eigenvalue weighted by Gasteiger charge is -2.07. The predicted molar refractivity (Wildman–Crippen MR) is 50.5 cm³/mol. The van der Waals surface area contributed by atoms with Gasteiger partial charge in [-0.05, 0) is 18.8 Å². The van der Waals surface area contributed by atoms with Crippen LogP contribution in [0, 0.1) is 5.92 Å². The Hall–Kier alpha value is -0.570. The minimum Gasteiger partial charge on any atom is -0.306 e. The number of rotatable bonds is 2. The largest absolute Gasteiger partial charge is 0.307 e. The van der Waals surface area contributed by atoms with Crippen LogP contribution < -0.4 is 4.87 Å². The van der Waals surface area contributed by atoms with Crippen LogP contribution in [0.1, 0.15) is 25.7 Å². The fourth-order valence-electron chi connectivity index (χ4n) is 1.90. The molecule has 1 aliphatic rings. The van der Waals surface area contributed by atoms with Crippen molar-refractivity contribution in [3.05, 3.63) is 21.2 Å². The van der Waals surface area contributed by atoms with Gasteiger partial charge in [0.1, 0.15) is 0 Å². The Labute approximate surface area is 75.8 Å². The van der Waals surface area contributed by atoms with Crippen molar-refractivity contribution in [2.24, 2.45) is 5.92 Å². The monoisotopic (exact) mass is 183 g/mol. The lowest BCUT2D eigenvalue weighted by Crippen LogP contribution is -2.16. The molecule has 1 saturated carbocycles. The summed E-state index contributed by atoms with van der Waals surface area (Å²) in [6.45, 7) is 0.947. The molecule has 2 rings (SSSR count). The topological polar surface area (TPSA) is 22.0 Å². The molecular formula is C9H13NOS. The summed E-state index contributed by atoms with van der Waals surface area (Å²) in [5, 5.41) is 1.87. The van der Waals surface area contributed by atoms with Gasteiger partial charge < -0.3 is 4.57 Å². The molecule has 2 nitrogen and oxygen atoms in total. The average molecular weight is 183 g/mol. The maximum absolute atomic E-state index is 11.2. The Morgan fingerprint density at radius 1 is 1.50 bits per heavy atom. The standard InChI is InChI=1S/C9H13NOS/c11-9-10(5-6-12-9)7-8-3-1-2-4-8/h5-6,8H,1-4,7H2. The van der Waals surface area contributed by atoms with Crippen LogP contribution >= 0.6 is 11.3 Å². The molecule has 0 bridgehead atoms. The molecule has 12 heavy (non-hydrogen) atoms. The number of hydrogen-bond donors (Lipinski definition) is 0. The van der Waals surface area contributed by atoms with Gasteiger partial charge in [0.05, 0.1) is 0 Å². The van der Waals surface area contributed by atoms with Crippen molar-refractivity contribution in [2.45, 2.75) is 32.2 Å². The van der Waals surface area contributed by atoms with Crippen LogP contribution in [-0.2, 0) is 6.54 Å². The fraction of sp³-hybridized carbons (Fsp3) is 0.667. The highest BCUT2D eigenvalue weighted by Crippen LogP contribution is 2.25. The zero-order valence-corrected chi connectivity index (χ0v) is 7.85. The van der Waals surface area contributed by atoms with Crippen molar-refractivity contribution in [1.29, 1.82) is 0 Å². The predicted octanol–water partition coefficient (Wildman–Crippen LogP) is 2.10. The lowest BCUT2D eigenvalue weighted by atomic mass is 10.1. The molecule has 0 radical (unpaired) electrons. The average Bonchev–Trinajstić information content (AvgIpc) is 2.65. The van der Waals surface area contributed by atoms with E-state index < -0.39 is 0 Å². The van der Waals surface area contributed by atoms with Crippen molar-refractivity contribution in [3.63, 3.8) is 0 Å². The second-order valence-electron chi connectivity index (χ2n) is 3.47. The first-order valence-corrected chi connectivity index (χ1v) is 5.38. The first-order chi connectivity index (χ1) is 5.86. The van der Waals surface area contributed by atoms with Crippen LogP contribution in [0.5, 0.6) is 0 Å². The number of aromatic nitrogens is 1. The molecule has 0 aliphatic heterocycles. The van der Waals surface area contributed by atoms with Gasteiger partial charge in [0.25, 0.3) is 0 Å². The Morgan fingerprint density at radius 2 is 2.25 bits per heavy atom. The smallest absolute Gasteiger partial charge is 0.306 e. The third kappa shape index (κ3) is 1.61. The zero-order valence-electron chi connectivity index (χ0n) is 7.03. The van der Waals surface area contributed by atoms with E-state index >= 15 is 0 Å². The van der Waals surface area contributed by atoms with E-state index in [1.807, 2.05) is 16.1 Å². The van der Waals surface area contributed by atoms with Gasteiger partial charge in [-0.15, -0.1) is 0 Å². The maximum atomic E-state index is 11.2.